The van der Waals surface area contributed by atoms with Crippen molar-refractivity contribution in [3.8, 4) is 11.5 Å². The fraction of sp³-hybridized carbons (Fsp3) is 0.263. The van der Waals surface area contributed by atoms with Crippen LogP contribution >= 0.6 is 0 Å². The van der Waals surface area contributed by atoms with Crippen LogP contribution in [0.3, 0.4) is 0 Å². The number of hydrogen-bond donors (Lipinski definition) is 1. The van der Waals surface area contributed by atoms with Crippen molar-refractivity contribution in [1.29, 1.82) is 0 Å². The van der Waals surface area contributed by atoms with Gasteiger partial charge in [-0.15, -0.1) is 0 Å². The summed E-state index contributed by atoms with van der Waals surface area (Å²) < 4.78 is 11.0. The third kappa shape index (κ3) is 3.03. The van der Waals surface area contributed by atoms with Crippen LogP contribution in [0.1, 0.15) is 18.0 Å². The minimum Gasteiger partial charge on any atom is -0.493 e. The molecule has 4 rings (SSSR count). The van der Waals surface area contributed by atoms with Crippen LogP contribution in [0.25, 0.3) is 0 Å². The number of carbonyl (C=O) groups is 2. The summed E-state index contributed by atoms with van der Waals surface area (Å²) in [4.78, 5) is 26.2. The molecule has 0 bridgehead atoms. The van der Waals surface area contributed by atoms with Crippen LogP contribution in [0.15, 0.2) is 48.5 Å². The lowest BCUT2D eigenvalue weighted by molar-refractivity contribution is -0.125. The predicted molar refractivity (Wildman–Crippen MR) is 91.7 cm³/mol. The second-order valence-corrected chi connectivity index (χ2v) is 6.03. The highest BCUT2D eigenvalue weighted by atomic mass is 16.5. The van der Waals surface area contributed by atoms with E-state index in [0.29, 0.717) is 24.5 Å². The molecule has 2 aromatic carbocycles. The Hall–Kier alpha value is -3.02. The lowest BCUT2D eigenvalue weighted by Gasteiger charge is -2.30. The highest BCUT2D eigenvalue weighted by molar-refractivity contribution is 6.02. The van der Waals surface area contributed by atoms with Gasteiger partial charge in [0.2, 0.25) is 5.91 Å². The van der Waals surface area contributed by atoms with Crippen LogP contribution in [-0.4, -0.2) is 31.6 Å². The maximum atomic E-state index is 12.6. The molecule has 128 valence electrons. The Morgan fingerprint density at radius 3 is 2.72 bits per heavy atom. The van der Waals surface area contributed by atoms with Crippen molar-refractivity contribution in [1.82, 2.24) is 5.32 Å². The van der Waals surface area contributed by atoms with E-state index >= 15 is 0 Å². The first-order chi connectivity index (χ1) is 12.2. The molecule has 0 fully saturated rings. The van der Waals surface area contributed by atoms with Crippen LogP contribution in [0.2, 0.25) is 0 Å². The SMILES string of the molecule is O=C(CN1C(=O)COc2ccccc21)NC1CCOc2ccccc21. The topological polar surface area (TPSA) is 67.9 Å². The third-order valence-electron chi connectivity index (χ3n) is 4.40. The maximum Gasteiger partial charge on any atom is 0.265 e. The number of rotatable bonds is 3. The van der Waals surface area contributed by atoms with E-state index in [4.69, 9.17) is 9.47 Å². The summed E-state index contributed by atoms with van der Waals surface area (Å²) in [5.41, 5.74) is 1.59. The molecule has 2 aromatic rings. The number of carbonyl (C=O) groups excluding carboxylic acids is 2. The first-order valence-electron chi connectivity index (χ1n) is 8.25. The van der Waals surface area contributed by atoms with Gasteiger partial charge in [0.15, 0.2) is 6.61 Å². The number of anilines is 1. The highest BCUT2D eigenvalue weighted by Gasteiger charge is 2.29. The molecule has 2 aliphatic rings. The Morgan fingerprint density at radius 2 is 1.84 bits per heavy atom. The van der Waals surface area contributed by atoms with Gasteiger partial charge in [0, 0.05) is 12.0 Å². The Labute approximate surface area is 145 Å². The van der Waals surface area contributed by atoms with E-state index in [1.807, 2.05) is 36.4 Å². The summed E-state index contributed by atoms with van der Waals surface area (Å²) in [6.45, 7) is 0.477. The van der Waals surface area contributed by atoms with E-state index in [2.05, 4.69) is 5.32 Å². The average molecular weight is 338 g/mol. The van der Waals surface area contributed by atoms with Crippen LogP contribution < -0.4 is 19.7 Å². The number of benzene rings is 2. The van der Waals surface area contributed by atoms with Gasteiger partial charge in [-0.25, -0.2) is 0 Å². The first kappa shape index (κ1) is 15.5. The molecule has 0 saturated heterocycles. The molecule has 1 unspecified atom stereocenters. The maximum absolute atomic E-state index is 12.6. The molecular formula is C19H18N2O4. The fourth-order valence-corrected chi connectivity index (χ4v) is 3.20. The van der Waals surface area contributed by atoms with E-state index in [-0.39, 0.29) is 31.0 Å². The number of para-hydroxylation sites is 3. The van der Waals surface area contributed by atoms with Crippen molar-refractivity contribution in [2.45, 2.75) is 12.5 Å². The average Bonchev–Trinajstić information content (AvgIpc) is 2.64. The van der Waals surface area contributed by atoms with Gasteiger partial charge in [-0.05, 0) is 18.2 Å². The van der Waals surface area contributed by atoms with Crippen molar-refractivity contribution >= 4 is 17.5 Å². The Balaban J connectivity index is 1.49. The number of hydrogen-bond acceptors (Lipinski definition) is 4. The predicted octanol–water partition coefficient (Wildman–Crippen LogP) is 2.05. The van der Waals surface area contributed by atoms with Gasteiger partial charge in [-0.2, -0.15) is 0 Å². The molecule has 0 saturated carbocycles. The van der Waals surface area contributed by atoms with Gasteiger partial charge in [0.1, 0.15) is 18.0 Å². The zero-order valence-corrected chi connectivity index (χ0v) is 13.6. The van der Waals surface area contributed by atoms with Crippen molar-refractivity contribution in [2.75, 3.05) is 24.7 Å². The molecule has 6 heteroatoms. The molecule has 0 aliphatic carbocycles. The summed E-state index contributed by atoms with van der Waals surface area (Å²) in [7, 11) is 0. The fourth-order valence-electron chi connectivity index (χ4n) is 3.20. The molecule has 25 heavy (non-hydrogen) atoms. The van der Waals surface area contributed by atoms with E-state index in [9.17, 15) is 9.59 Å². The number of ether oxygens (including phenoxy) is 2. The minimum absolute atomic E-state index is 0.0290. The Kier molecular flexibility index (Phi) is 4.01. The molecule has 1 atom stereocenters. The van der Waals surface area contributed by atoms with Gasteiger partial charge in [0.05, 0.1) is 18.3 Å². The number of fused-ring (bicyclic) bond motifs is 2. The van der Waals surface area contributed by atoms with Gasteiger partial charge in [-0.3, -0.25) is 14.5 Å². The zero-order chi connectivity index (χ0) is 17.2. The van der Waals surface area contributed by atoms with Crippen molar-refractivity contribution < 1.29 is 19.1 Å². The second kappa shape index (κ2) is 6.47. The quantitative estimate of drug-likeness (QED) is 0.930. The van der Waals surface area contributed by atoms with Gasteiger partial charge < -0.3 is 14.8 Å². The molecule has 6 nitrogen and oxygen atoms in total. The summed E-state index contributed by atoms with van der Waals surface area (Å²) in [6, 6.07) is 14.8. The lowest BCUT2D eigenvalue weighted by atomic mass is 10.0. The second-order valence-electron chi connectivity index (χ2n) is 6.03. The normalized spacial score (nSPS) is 18.5. The van der Waals surface area contributed by atoms with E-state index in [0.717, 1.165) is 11.3 Å². The molecule has 2 amide bonds. The molecule has 0 aromatic heterocycles. The number of nitrogens with zero attached hydrogens (tertiary/aromatic N) is 1. The van der Waals surface area contributed by atoms with Crippen LogP contribution in [0, 0.1) is 0 Å². The highest BCUT2D eigenvalue weighted by Crippen LogP contribution is 2.33. The minimum atomic E-state index is -0.221. The van der Waals surface area contributed by atoms with Crippen molar-refractivity contribution in [2.24, 2.45) is 0 Å². The Bertz CT molecular complexity index is 821. The standard InChI is InChI=1S/C19H18N2O4/c22-18(20-14-9-10-24-16-7-3-1-5-13(14)16)11-21-15-6-2-4-8-17(15)25-12-19(21)23/h1-8,14H,9-12H2,(H,20,22). The number of amides is 2. The van der Waals surface area contributed by atoms with Crippen LogP contribution in [0.4, 0.5) is 5.69 Å². The molecule has 0 radical (unpaired) electrons. The molecule has 0 spiro atoms. The monoisotopic (exact) mass is 338 g/mol. The van der Waals surface area contributed by atoms with E-state index in [1.54, 1.807) is 12.1 Å². The van der Waals surface area contributed by atoms with Gasteiger partial charge in [-0.1, -0.05) is 30.3 Å². The largest absolute Gasteiger partial charge is 0.493 e. The summed E-state index contributed by atoms with van der Waals surface area (Å²) in [5.74, 6) is 0.992. The van der Waals surface area contributed by atoms with E-state index in [1.165, 1.54) is 4.90 Å². The van der Waals surface area contributed by atoms with Crippen molar-refractivity contribution in [3.05, 3.63) is 54.1 Å². The summed E-state index contributed by atoms with van der Waals surface area (Å²) in [6.07, 6.45) is 0.705. The lowest BCUT2D eigenvalue weighted by Crippen LogP contribution is -2.46. The zero-order valence-electron chi connectivity index (χ0n) is 13.6. The molecular weight excluding hydrogens is 320 g/mol. The van der Waals surface area contributed by atoms with Gasteiger partial charge in [0.25, 0.3) is 5.91 Å². The smallest absolute Gasteiger partial charge is 0.265 e. The summed E-state index contributed by atoms with van der Waals surface area (Å²) >= 11 is 0. The third-order valence-corrected chi connectivity index (χ3v) is 4.40. The first-order valence-corrected chi connectivity index (χ1v) is 8.25. The van der Waals surface area contributed by atoms with Crippen LogP contribution in [-0.2, 0) is 9.59 Å². The number of nitrogens with one attached hydrogen (secondary N) is 1. The molecule has 2 heterocycles. The van der Waals surface area contributed by atoms with Gasteiger partial charge >= 0.3 is 0 Å². The molecule has 2 aliphatic heterocycles. The van der Waals surface area contributed by atoms with Crippen LogP contribution in [0.5, 0.6) is 11.5 Å². The molecule has 1 N–H and O–H groups in total. The van der Waals surface area contributed by atoms with E-state index < -0.39 is 0 Å². The summed E-state index contributed by atoms with van der Waals surface area (Å²) in [5, 5.41) is 3.02. The Morgan fingerprint density at radius 1 is 1.08 bits per heavy atom. The van der Waals surface area contributed by atoms with Crippen molar-refractivity contribution in [3.63, 3.8) is 0 Å².